The number of alkyl halides is 3. The van der Waals surface area contributed by atoms with Crippen molar-refractivity contribution in [3.8, 4) is 11.8 Å². The third-order valence-electron chi connectivity index (χ3n) is 4.16. The van der Waals surface area contributed by atoms with Gasteiger partial charge in [0.2, 0.25) is 0 Å². The molecule has 0 bridgehead atoms. The second-order valence-corrected chi connectivity index (χ2v) is 5.83. The topological polar surface area (TPSA) is 29.5 Å². The Morgan fingerprint density at radius 1 is 0.800 bits per heavy atom. The summed E-state index contributed by atoms with van der Waals surface area (Å²) in [6.45, 7) is 0. The molecule has 0 radical (unpaired) electrons. The zero-order valence-corrected chi connectivity index (χ0v) is 11.5. The van der Waals surface area contributed by atoms with E-state index in [2.05, 4.69) is 16.6 Å². The summed E-state index contributed by atoms with van der Waals surface area (Å²) in [5, 5.41) is 9.41. The van der Waals surface area contributed by atoms with Crippen LogP contribution in [-0.4, -0.2) is 23.7 Å². The van der Waals surface area contributed by atoms with E-state index in [1.165, 1.54) is 0 Å². The molecule has 0 aromatic heterocycles. The Morgan fingerprint density at radius 2 is 1.25 bits per heavy atom. The molecule has 0 saturated heterocycles. The summed E-state index contributed by atoms with van der Waals surface area (Å²) in [7, 11) is 0. The van der Waals surface area contributed by atoms with Gasteiger partial charge in [0.15, 0.2) is 0 Å². The van der Waals surface area contributed by atoms with Gasteiger partial charge >= 0.3 is 6.36 Å². The molecule has 2 nitrogen and oxygen atoms in total. The molecule has 114 valence electrons. The standard InChI is InChI=1S/C15H21F3O2/c16-15(17,18)20-14-9-5-12(6-10-14)2-1-11-3-7-13(19)8-4-11/h11-14,19H,3-10H2. The van der Waals surface area contributed by atoms with Crippen molar-refractivity contribution in [3.63, 3.8) is 0 Å². The normalized spacial score (nSPS) is 35.2. The maximum Gasteiger partial charge on any atom is 0.522 e. The summed E-state index contributed by atoms with van der Waals surface area (Å²) < 4.78 is 40.3. The average Bonchev–Trinajstić information content (AvgIpc) is 2.38. The predicted octanol–water partition coefficient (Wildman–Crippen LogP) is 3.64. The number of halogens is 3. The molecule has 0 spiro atoms. The van der Waals surface area contributed by atoms with Crippen molar-refractivity contribution in [3.05, 3.63) is 0 Å². The van der Waals surface area contributed by atoms with Gasteiger partial charge in [-0.3, -0.25) is 4.74 Å². The van der Waals surface area contributed by atoms with Crippen LogP contribution in [0.2, 0.25) is 0 Å². The van der Waals surface area contributed by atoms with Crippen molar-refractivity contribution in [1.82, 2.24) is 0 Å². The number of hydrogen-bond donors (Lipinski definition) is 1. The predicted molar refractivity (Wildman–Crippen MR) is 68.6 cm³/mol. The summed E-state index contributed by atoms with van der Waals surface area (Å²) in [5.41, 5.74) is 0. The van der Waals surface area contributed by atoms with Gasteiger partial charge in [0.05, 0.1) is 12.2 Å². The van der Waals surface area contributed by atoms with Gasteiger partial charge in [0.25, 0.3) is 0 Å². The molecule has 2 rings (SSSR count). The van der Waals surface area contributed by atoms with Crippen molar-refractivity contribution in [2.75, 3.05) is 0 Å². The second kappa shape index (κ2) is 6.82. The first kappa shape index (κ1) is 15.7. The van der Waals surface area contributed by atoms with Crippen molar-refractivity contribution < 1.29 is 23.0 Å². The summed E-state index contributed by atoms with van der Waals surface area (Å²) in [6, 6.07) is 0. The maximum atomic E-state index is 12.1. The number of aliphatic hydroxyl groups excluding tert-OH is 1. The molecular weight excluding hydrogens is 269 g/mol. The van der Waals surface area contributed by atoms with Crippen molar-refractivity contribution in [2.24, 2.45) is 11.8 Å². The monoisotopic (exact) mass is 290 g/mol. The van der Waals surface area contributed by atoms with Crippen molar-refractivity contribution >= 4 is 0 Å². The number of rotatable bonds is 1. The van der Waals surface area contributed by atoms with E-state index in [0.717, 1.165) is 25.7 Å². The lowest BCUT2D eigenvalue weighted by Crippen LogP contribution is -2.27. The highest BCUT2D eigenvalue weighted by molar-refractivity contribution is 5.09. The first-order valence-electron chi connectivity index (χ1n) is 7.36. The van der Waals surface area contributed by atoms with E-state index >= 15 is 0 Å². The van der Waals surface area contributed by atoms with Gasteiger partial charge in [-0.15, -0.1) is 13.2 Å². The minimum Gasteiger partial charge on any atom is -0.393 e. The Kier molecular flexibility index (Phi) is 5.34. The Hall–Kier alpha value is -0.730. The molecule has 2 saturated carbocycles. The third kappa shape index (κ3) is 5.34. The van der Waals surface area contributed by atoms with Crippen LogP contribution in [-0.2, 0) is 4.74 Å². The zero-order valence-electron chi connectivity index (χ0n) is 11.5. The summed E-state index contributed by atoms with van der Waals surface area (Å²) in [6.07, 6.45) is 0.321. The molecule has 20 heavy (non-hydrogen) atoms. The van der Waals surface area contributed by atoms with Crippen LogP contribution < -0.4 is 0 Å². The number of aliphatic hydroxyl groups is 1. The Labute approximate surface area is 117 Å². The highest BCUT2D eigenvalue weighted by atomic mass is 19.4. The van der Waals surface area contributed by atoms with Crippen LogP contribution in [0.4, 0.5) is 13.2 Å². The SMILES string of the molecule is OC1CCC(C#CC2CCC(OC(F)(F)F)CC2)CC1. The molecule has 0 heterocycles. The molecular formula is C15H21F3O2. The fourth-order valence-corrected chi connectivity index (χ4v) is 2.97. The van der Waals surface area contributed by atoms with Crippen molar-refractivity contribution in [2.45, 2.75) is 69.9 Å². The van der Waals surface area contributed by atoms with Gasteiger partial charge in [0, 0.05) is 11.8 Å². The first-order valence-corrected chi connectivity index (χ1v) is 7.36. The second-order valence-electron chi connectivity index (χ2n) is 5.83. The van der Waals surface area contributed by atoms with E-state index in [0.29, 0.717) is 31.6 Å². The van der Waals surface area contributed by atoms with E-state index in [-0.39, 0.29) is 12.0 Å². The first-order chi connectivity index (χ1) is 9.42. The molecule has 0 unspecified atom stereocenters. The van der Waals surface area contributed by atoms with Crippen LogP contribution >= 0.6 is 0 Å². The van der Waals surface area contributed by atoms with Crippen LogP contribution in [0.1, 0.15) is 51.4 Å². The van der Waals surface area contributed by atoms with Gasteiger partial charge in [-0.25, -0.2) is 0 Å². The molecule has 0 amide bonds. The molecule has 2 aliphatic rings. The van der Waals surface area contributed by atoms with Crippen LogP contribution in [0.3, 0.4) is 0 Å². The van der Waals surface area contributed by atoms with Gasteiger partial charge in [-0.1, -0.05) is 11.8 Å². The highest BCUT2D eigenvalue weighted by Crippen LogP contribution is 2.31. The minimum atomic E-state index is -4.52. The minimum absolute atomic E-state index is 0.178. The van der Waals surface area contributed by atoms with Crippen molar-refractivity contribution in [1.29, 1.82) is 0 Å². The Morgan fingerprint density at radius 3 is 1.70 bits per heavy atom. The average molecular weight is 290 g/mol. The lowest BCUT2D eigenvalue weighted by Gasteiger charge is -2.26. The molecule has 0 aromatic carbocycles. The van der Waals surface area contributed by atoms with E-state index in [1.54, 1.807) is 0 Å². The summed E-state index contributed by atoms with van der Waals surface area (Å²) in [4.78, 5) is 0. The largest absolute Gasteiger partial charge is 0.522 e. The van der Waals surface area contributed by atoms with E-state index in [1.807, 2.05) is 0 Å². The summed E-state index contributed by atoms with van der Waals surface area (Å²) in [5.74, 6) is 7.03. The number of hydrogen-bond acceptors (Lipinski definition) is 2. The number of ether oxygens (including phenoxy) is 1. The third-order valence-corrected chi connectivity index (χ3v) is 4.16. The lowest BCUT2D eigenvalue weighted by atomic mass is 9.85. The van der Waals surface area contributed by atoms with Crippen LogP contribution in [0.25, 0.3) is 0 Å². The smallest absolute Gasteiger partial charge is 0.393 e. The molecule has 1 N–H and O–H groups in total. The van der Waals surface area contributed by atoms with Crippen LogP contribution in [0.5, 0.6) is 0 Å². The molecule has 0 atom stereocenters. The van der Waals surface area contributed by atoms with Gasteiger partial charge < -0.3 is 5.11 Å². The van der Waals surface area contributed by atoms with Gasteiger partial charge in [-0.05, 0) is 51.4 Å². The van der Waals surface area contributed by atoms with E-state index < -0.39 is 12.5 Å². The van der Waals surface area contributed by atoms with E-state index in [4.69, 9.17) is 0 Å². The lowest BCUT2D eigenvalue weighted by molar-refractivity contribution is -0.345. The van der Waals surface area contributed by atoms with Crippen LogP contribution in [0.15, 0.2) is 0 Å². The molecule has 2 aliphatic carbocycles. The molecule has 5 heteroatoms. The maximum absolute atomic E-state index is 12.1. The molecule has 0 aliphatic heterocycles. The summed E-state index contributed by atoms with van der Waals surface area (Å²) >= 11 is 0. The van der Waals surface area contributed by atoms with Gasteiger partial charge in [-0.2, -0.15) is 0 Å². The van der Waals surface area contributed by atoms with E-state index in [9.17, 15) is 18.3 Å². The fraction of sp³-hybridized carbons (Fsp3) is 0.867. The fourth-order valence-electron chi connectivity index (χ4n) is 2.97. The zero-order chi connectivity index (χ0) is 14.6. The molecule has 2 fully saturated rings. The highest BCUT2D eigenvalue weighted by Gasteiger charge is 2.35. The van der Waals surface area contributed by atoms with Gasteiger partial charge in [0.1, 0.15) is 0 Å². The van der Waals surface area contributed by atoms with Crippen LogP contribution in [0, 0.1) is 23.7 Å². The molecule has 0 aromatic rings. The Bertz CT molecular complexity index is 354. The Balaban J connectivity index is 1.72. The quantitative estimate of drug-likeness (QED) is 0.747.